The second-order valence-electron chi connectivity index (χ2n) is 6.87. The van der Waals surface area contributed by atoms with Gasteiger partial charge in [0.15, 0.2) is 5.69 Å². The highest BCUT2D eigenvalue weighted by Crippen LogP contribution is 2.41. The molecule has 158 valence electrons. The first-order valence-corrected chi connectivity index (χ1v) is 10.6. The molecule has 4 rings (SSSR count). The van der Waals surface area contributed by atoms with Gasteiger partial charge in [-0.3, -0.25) is 4.55 Å². The fourth-order valence-electron chi connectivity index (χ4n) is 3.29. The third-order valence-corrected chi connectivity index (χ3v) is 5.64. The van der Waals surface area contributed by atoms with E-state index in [0.29, 0.717) is 17.6 Å². The summed E-state index contributed by atoms with van der Waals surface area (Å²) in [5, 5.41) is 33.5. The highest BCUT2D eigenvalue weighted by molar-refractivity contribution is 7.86. The van der Waals surface area contributed by atoms with Crippen molar-refractivity contribution in [1.82, 2.24) is 9.78 Å². The van der Waals surface area contributed by atoms with Crippen LogP contribution in [-0.4, -0.2) is 33.0 Å². The van der Waals surface area contributed by atoms with Gasteiger partial charge >= 0.3 is 0 Å². The quantitative estimate of drug-likeness (QED) is 0.311. The van der Waals surface area contributed by atoms with Crippen molar-refractivity contribution in [1.29, 1.82) is 0 Å². The Hall–Kier alpha value is -3.76. The number of benzene rings is 3. The van der Waals surface area contributed by atoms with Crippen LogP contribution < -0.4 is 0 Å². The van der Waals surface area contributed by atoms with Crippen LogP contribution in [-0.2, 0) is 16.7 Å². The van der Waals surface area contributed by atoms with E-state index >= 15 is 0 Å². The molecule has 0 spiro atoms. The summed E-state index contributed by atoms with van der Waals surface area (Å²) < 4.78 is 35.2. The van der Waals surface area contributed by atoms with Crippen molar-refractivity contribution in [2.24, 2.45) is 10.2 Å². The van der Waals surface area contributed by atoms with Crippen molar-refractivity contribution in [2.75, 3.05) is 0 Å². The molecular formula is C21H18N4O5S. The fourth-order valence-corrected chi connectivity index (χ4v) is 4.14. The van der Waals surface area contributed by atoms with Crippen LogP contribution in [0.5, 0.6) is 11.6 Å². The summed E-state index contributed by atoms with van der Waals surface area (Å²) in [7, 11) is -4.74. The van der Waals surface area contributed by atoms with E-state index in [2.05, 4.69) is 15.3 Å². The van der Waals surface area contributed by atoms with Gasteiger partial charge in [-0.2, -0.15) is 13.5 Å². The van der Waals surface area contributed by atoms with Crippen LogP contribution in [0.15, 0.2) is 75.8 Å². The lowest BCUT2D eigenvalue weighted by molar-refractivity contribution is 0.410. The van der Waals surface area contributed by atoms with Crippen molar-refractivity contribution < 1.29 is 23.2 Å². The molecule has 1 heterocycles. The van der Waals surface area contributed by atoms with Gasteiger partial charge in [0.25, 0.3) is 10.1 Å². The molecule has 3 N–H and O–H groups in total. The number of rotatable bonds is 5. The molecule has 0 amide bonds. The predicted molar refractivity (Wildman–Crippen MR) is 114 cm³/mol. The monoisotopic (exact) mass is 438 g/mol. The van der Waals surface area contributed by atoms with Crippen molar-refractivity contribution in [3.63, 3.8) is 0 Å². The molecule has 0 fully saturated rings. The number of phenols is 1. The van der Waals surface area contributed by atoms with E-state index in [4.69, 9.17) is 0 Å². The Morgan fingerprint density at radius 1 is 0.968 bits per heavy atom. The molecule has 0 aliphatic carbocycles. The van der Waals surface area contributed by atoms with Crippen molar-refractivity contribution in [3.8, 4) is 11.6 Å². The maximum absolute atomic E-state index is 12.0. The van der Waals surface area contributed by atoms with E-state index in [1.165, 1.54) is 16.8 Å². The molecule has 0 atom stereocenters. The average molecular weight is 438 g/mol. The van der Waals surface area contributed by atoms with Crippen molar-refractivity contribution in [3.05, 3.63) is 71.9 Å². The van der Waals surface area contributed by atoms with E-state index in [9.17, 15) is 23.2 Å². The molecule has 0 saturated heterocycles. The summed E-state index contributed by atoms with van der Waals surface area (Å²) in [6.45, 7) is 1.90. The SMILES string of the molecule is Cc1nn(Cc2ccccc2)c(O)c1N=Nc1c(O)cc2ccccc2c1S(=O)(=O)O. The molecule has 3 aromatic carbocycles. The number of hydrogen-bond donors (Lipinski definition) is 3. The van der Waals surface area contributed by atoms with Gasteiger partial charge in [0.2, 0.25) is 5.88 Å². The Labute approximate surface area is 177 Å². The first kappa shape index (κ1) is 20.5. The Morgan fingerprint density at radius 2 is 1.61 bits per heavy atom. The van der Waals surface area contributed by atoms with Gasteiger partial charge in [-0.1, -0.05) is 54.6 Å². The van der Waals surface area contributed by atoms with Gasteiger partial charge in [-0.15, -0.1) is 10.2 Å². The Bertz CT molecular complexity index is 1410. The summed E-state index contributed by atoms with van der Waals surface area (Å²) in [6.07, 6.45) is 0. The number of aromatic nitrogens is 2. The molecule has 0 radical (unpaired) electrons. The van der Waals surface area contributed by atoms with Crippen LogP contribution in [0.2, 0.25) is 0 Å². The molecule has 0 unspecified atom stereocenters. The van der Waals surface area contributed by atoms with E-state index in [0.717, 1.165) is 5.56 Å². The first-order valence-electron chi connectivity index (χ1n) is 9.20. The number of aryl methyl sites for hydroxylation is 1. The summed E-state index contributed by atoms with van der Waals surface area (Å²) in [4.78, 5) is -0.569. The van der Waals surface area contributed by atoms with Gasteiger partial charge in [0.1, 0.15) is 16.3 Å². The molecular weight excluding hydrogens is 420 g/mol. The van der Waals surface area contributed by atoms with Gasteiger partial charge in [-0.25, -0.2) is 4.68 Å². The molecule has 0 aliphatic rings. The Kier molecular flexibility index (Phi) is 5.17. The maximum atomic E-state index is 12.0. The molecule has 9 nitrogen and oxygen atoms in total. The molecule has 31 heavy (non-hydrogen) atoms. The minimum Gasteiger partial charge on any atom is -0.506 e. The summed E-state index contributed by atoms with van der Waals surface area (Å²) in [5.74, 6) is -0.748. The Balaban J connectivity index is 1.80. The van der Waals surface area contributed by atoms with E-state index in [1.54, 1.807) is 25.1 Å². The minimum atomic E-state index is -4.74. The van der Waals surface area contributed by atoms with E-state index in [-0.39, 0.29) is 17.0 Å². The topological polar surface area (TPSA) is 137 Å². The number of azo groups is 1. The normalized spacial score (nSPS) is 12.1. The lowest BCUT2D eigenvalue weighted by Crippen LogP contribution is -2.01. The second-order valence-corrected chi connectivity index (χ2v) is 8.23. The molecule has 4 aromatic rings. The lowest BCUT2D eigenvalue weighted by Gasteiger charge is -2.09. The third kappa shape index (κ3) is 3.98. The number of nitrogens with zero attached hydrogens (tertiary/aromatic N) is 4. The zero-order chi connectivity index (χ0) is 22.2. The average Bonchev–Trinajstić information content (AvgIpc) is 2.98. The maximum Gasteiger partial charge on any atom is 0.297 e. The zero-order valence-electron chi connectivity index (χ0n) is 16.3. The molecule has 0 bridgehead atoms. The van der Waals surface area contributed by atoms with Crippen molar-refractivity contribution in [2.45, 2.75) is 18.4 Å². The molecule has 0 aliphatic heterocycles. The van der Waals surface area contributed by atoms with Crippen molar-refractivity contribution >= 4 is 32.3 Å². The minimum absolute atomic E-state index is 0.0183. The van der Waals surface area contributed by atoms with Crippen LogP contribution in [0.25, 0.3) is 10.8 Å². The summed E-state index contributed by atoms with van der Waals surface area (Å²) in [6, 6.07) is 17.0. The van der Waals surface area contributed by atoms with Crippen LogP contribution in [0.1, 0.15) is 11.3 Å². The van der Waals surface area contributed by atoms with Crippen LogP contribution in [0.3, 0.4) is 0 Å². The largest absolute Gasteiger partial charge is 0.506 e. The smallest absolute Gasteiger partial charge is 0.297 e. The van der Waals surface area contributed by atoms with Crippen LogP contribution in [0.4, 0.5) is 11.4 Å². The fraction of sp³-hybridized carbons (Fsp3) is 0.0952. The van der Waals surface area contributed by atoms with Gasteiger partial charge < -0.3 is 10.2 Å². The summed E-state index contributed by atoms with van der Waals surface area (Å²) >= 11 is 0. The van der Waals surface area contributed by atoms with E-state index in [1.807, 2.05) is 30.3 Å². The highest BCUT2D eigenvalue weighted by atomic mass is 32.2. The third-order valence-electron chi connectivity index (χ3n) is 4.71. The predicted octanol–water partition coefficient (Wildman–Crippen LogP) is 4.47. The standard InChI is InChI=1S/C21H18N4O5S/c1-13-18(21(27)25(24-13)12-14-7-3-2-4-8-14)22-23-19-17(26)11-15-9-5-6-10-16(15)20(19)31(28,29)30/h2-11,26-27H,12H2,1H3,(H,28,29,30). The molecule has 1 aromatic heterocycles. The highest BCUT2D eigenvalue weighted by Gasteiger charge is 2.24. The number of phenolic OH excluding ortho intramolecular Hbond substituents is 1. The Morgan fingerprint density at radius 3 is 2.32 bits per heavy atom. The number of fused-ring (bicyclic) bond motifs is 1. The number of hydrogen-bond acceptors (Lipinski definition) is 7. The molecule has 10 heteroatoms. The van der Waals surface area contributed by atoms with Crippen LogP contribution >= 0.6 is 0 Å². The molecule has 0 saturated carbocycles. The summed E-state index contributed by atoms with van der Waals surface area (Å²) in [5.41, 5.74) is 0.844. The lowest BCUT2D eigenvalue weighted by atomic mass is 10.1. The number of aromatic hydroxyl groups is 2. The van der Waals surface area contributed by atoms with Gasteiger partial charge in [0.05, 0.1) is 12.2 Å². The van der Waals surface area contributed by atoms with E-state index < -0.39 is 26.5 Å². The first-order chi connectivity index (χ1) is 14.8. The zero-order valence-corrected chi connectivity index (χ0v) is 17.2. The second kappa shape index (κ2) is 7.82. The van der Waals surface area contributed by atoms with Crippen LogP contribution in [0, 0.1) is 6.92 Å². The van der Waals surface area contributed by atoms with Gasteiger partial charge in [-0.05, 0) is 23.9 Å². The van der Waals surface area contributed by atoms with Gasteiger partial charge in [0, 0.05) is 5.39 Å².